The Kier molecular flexibility index (Phi) is 6.22. The van der Waals surface area contributed by atoms with Gasteiger partial charge in [-0.1, -0.05) is 6.92 Å². The van der Waals surface area contributed by atoms with Gasteiger partial charge in [-0.2, -0.15) is 13.2 Å². The van der Waals surface area contributed by atoms with E-state index >= 15 is 0 Å². The molecule has 0 unspecified atom stereocenters. The van der Waals surface area contributed by atoms with E-state index in [2.05, 4.69) is 17.0 Å². The minimum atomic E-state index is -4.27. The van der Waals surface area contributed by atoms with Crippen LogP contribution in [0.25, 0.3) is 0 Å². The van der Waals surface area contributed by atoms with E-state index in [-0.39, 0.29) is 12.9 Å². The van der Waals surface area contributed by atoms with Crippen molar-refractivity contribution in [2.45, 2.75) is 50.9 Å². The SMILES string of the molecule is CCNC1CCC(OCOCC(F)(F)F)CC1. The largest absolute Gasteiger partial charge is 0.411 e. The summed E-state index contributed by atoms with van der Waals surface area (Å²) in [7, 11) is 0. The Morgan fingerprint density at radius 1 is 1.18 bits per heavy atom. The highest BCUT2D eigenvalue weighted by Crippen LogP contribution is 2.21. The lowest BCUT2D eigenvalue weighted by Crippen LogP contribution is -2.35. The number of hydrogen-bond donors (Lipinski definition) is 1. The van der Waals surface area contributed by atoms with E-state index in [0.29, 0.717) is 6.04 Å². The second kappa shape index (κ2) is 7.18. The topological polar surface area (TPSA) is 30.5 Å². The van der Waals surface area contributed by atoms with Crippen molar-refractivity contribution in [1.82, 2.24) is 5.32 Å². The van der Waals surface area contributed by atoms with Crippen LogP contribution in [-0.4, -0.2) is 38.3 Å². The molecule has 0 bridgehead atoms. The van der Waals surface area contributed by atoms with Crippen molar-refractivity contribution >= 4 is 0 Å². The zero-order valence-electron chi connectivity index (χ0n) is 10.1. The normalized spacial score (nSPS) is 26.1. The molecule has 0 aromatic rings. The quantitative estimate of drug-likeness (QED) is 0.584. The van der Waals surface area contributed by atoms with E-state index in [1.54, 1.807) is 0 Å². The smallest absolute Gasteiger partial charge is 0.352 e. The van der Waals surface area contributed by atoms with E-state index in [4.69, 9.17) is 4.74 Å². The van der Waals surface area contributed by atoms with Crippen LogP contribution in [0.4, 0.5) is 13.2 Å². The Balaban J connectivity index is 2.02. The fourth-order valence-corrected chi connectivity index (χ4v) is 2.02. The molecule has 0 saturated heterocycles. The molecule has 1 N–H and O–H groups in total. The van der Waals surface area contributed by atoms with Gasteiger partial charge < -0.3 is 14.8 Å². The Morgan fingerprint density at radius 3 is 2.35 bits per heavy atom. The summed E-state index contributed by atoms with van der Waals surface area (Å²) in [4.78, 5) is 0. The lowest BCUT2D eigenvalue weighted by Gasteiger charge is -2.28. The number of rotatable bonds is 6. The number of hydrogen-bond acceptors (Lipinski definition) is 3. The molecule has 0 radical (unpaired) electrons. The maximum Gasteiger partial charge on any atom is 0.411 e. The molecule has 1 saturated carbocycles. The predicted octanol–water partition coefficient (Wildman–Crippen LogP) is 2.46. The molecule has 1 aliphatic carbocycles. The molecule has 0 atom stereocenters. The van der Waals surface area contributed by atoms with Gasteiger partial charge in [0.1, 0.15) is 13.4 Å². The summed E-state index contributed by atoms with van der Waals surface area (Å²) in [5, 5.41) is 3.36. The monoisotopic (exact) mass is 255 g/mol. The van der Waals surface area contributed by atoms with E-state index in [1.165, 1.54) is 0 Å². The van der Waals surface area contributed by atoms with Crippen LogP contribution in [0.1, 0.15) is 32.6 Å². The lowest BCUT2D eigenvalue weighted by molar-refractivity contribution is -0.204. The summed E-state index contributed by atoms with van der Waals surface area (Å²) in [6.07, 6.45) is -0.444. The second-order valence-electron chi connectivity index (χ2n) is 4.28. The van der Waals surface area contributed by atoms with Gasteiger partial charge in [-0.15, -0.1) is 0 Å². The number of ether oxygens (including phenoxy) is 2. The average Bonchev–Trinajstić information content (AvgIpc) is 2.26. The summed E-state index contributed by atoms with van der Waals surface area (Å²) in [5.74, 6) is 0. The molecule has 0 aliphatic heterocycles. The minimum absolute atomic E-state index is 0.0399. The van der Waals surface area contributed by atoms with Crippen LogP contribution in [0.5, 0.6) is 0 Å². The number of nitrogens with one attached hydrogen (secondary N) is 1. The maximum atomic E-state index is 11.8. The van der Waals surface area contributed by atoms with Gasteiger partial charge in [-0.25, -0.2) is 0 Å². The van der Waals surface area contributed by atoms with Gasteiger partial charge in [0.2, 0.25) is 0 Å². The Hall–Kier alpha value is -0.330. The van der Waals surface area contributed by atoms with Gasteiger partial charge in [0, 0.05) is 6.04 Å². The fourth-order valence-electron chi connectivity index (χ4n) is 2.02. The van der Waals surface area contributed by atoms with Gasteiger partial charge in [0.05, 0.1) is 6.10 Å². The summed E-state index contributed by atoms with van der Waals surface area (Å²) in [6, 6.07) is 0.524. The second-order valence-corrected chi connectivity index (χ2v) is 4.28. The molecule has 1 rings (SSSR count). The zero-order valence-corrected chi connectivity index (χ0v) is 10.1. The average molecular weight is 255 g/mol. The number of alkyl halides is 3. The van der Waals surface area contributed by atoms with Crippen LogP contribution >= 0.6 is 0 Å². The van der Waals surface area contributed by atoms with Crippen LogP contribution in [0.2, 0.25) is 0 Å². The standard InChI is InChI=1S/C11H20F3NO2/c1-2-15-9-3-5-10(6-4-9)17-8-16-7-11(12,13)14/h9-10,15H,2-8H2,1H3. The molecule has 6 heteroatoms. The van der Waals surface area contributed by atoms with Gasteiger partial charge in [0.25, 0.3) is 0 Å². The van der Waals surface area contributed by atoms with Crippen LogP contribution < -0.4 is 5.32 Å². The van der Waals surface area contributed by atoms with Crippen LogP contribution in [0, 0.1) is 0 Å². The van der Waals surface area contributed by atoms with Crippen molar-refractivity contribution in [3.05, 3.63) is 0 Å². The van der Waals surface area contributed by atoms with Crippen molar-refractivity contribution in [3.63, 3.8) is 0 Å². The van der Waals surface area contributed by atoms with Crippen molar-refractivity contribution in [2.24, 2.45) is 0 Å². The van der Waals surface area contributed by atoms with E-state index in [0.717, 1.165) is 32.2 Å². The molecule has 1 aliphatic rings. The molecule has 0 spiro atoms. The maximum absolute atomic E-state index is 11.8. The molecule has 1 fully saturated rings. The summed E-state index contributed by atoms with van der Waals surface area (Å²) >= 11 is 0. The molecular formula is C11H20F3NO2. The third kappa shape index (κ3) is 6.85. The summed E-state index contributed by atoms with van der Waals surface area (Å²) in [6.45, 7) is 1.51. The van der Waals surface area contributed by atoms with Crippen LogP contribution in [0.15, 0.2) is 0 Å². The van der Waals surface area contributed by atoms with Gasteiger partial charge in [-0.05, 0) is 32.2 Å². The zero-order chi connectivity index (χ0) is 12.7. The first-order valence-corrected chi connectivity index (χ1v) is 6.00. The van der Waals surface area contributed by atoms with Gasteiger partial charge >= 0.3 is 6.18 Å². The highest BCUT2D eigenvalue weighted by molar-refractivity contribution is 4.76. The molecule has 0 amide bonds. The van der Waals surface area contributed by atoms with Crippen molar-refractivity contribution < 1.29 is 22.6 Å². The van der Waals surface area contributed by atoms with Crippen molar-refractivity contribution in [3.8, 4) is 0 Å². The van der Waals surface area contributed by atoms with Crippen LogP contribution in [0.3, 0.4) is 0 Å². The molecule has 0 heterocycles. The van der Waals surface area contributed by atoms with E-state index < -0.39 is 12.8 Å². The molecule has 0 aromatic carbocycles. The van der Waals surface area contributed by atoms with E-state index in [1.807, 2.05) is 0 Å². The highest BCUT2D eigenvalue weighted by atomic mass is 19.4. The first-order chi connectivity index (χ1) is 8.01. The minimum Gasteiger partial charge on any atom is -0.352 e. The molecule has 17 heavy (non-hydrogen) atoms. The lowest BCUT2D eigenvalue weighted by atomic mass is 9.93. The van der Waals surface area contributed by atoms with Gasteiger partial charge in [0.15, 0.2) is 0 Å². The van der Waals surface area contributed by atoms with E-state index in [9.17, 15) is 13.2 Å². The predicted molar refractivity (Wildman–Crippen MR) is 57.7 cm³/mol. The molecular weight excluding hydrogens is 235 g/mol. The molecule has 0 aromatic heterocycles. The third-order valence-corrected chi connectivity index (χ3v) is 2.82. The number of halogens is 3. The molecule has 3 nitrogen and oxygen atoms in total. The first kappa shape index (κ1) is 14.7. The third-order valence-electron chi connectivity index (χ3n) is 2.82. The Bertz CT molecular complexity index is 203. The Morgan fingerprint density at radius 2 is 1.82 bits per heavy atom. The Labute approximate surface area is 99.7 Å². The first-order valence-electron chi connectivity index (χ1n) is 6.00. The van der Waals surface area contributed by atoms with Crippen LogP contribution in [-0.2, 0) is 9.47 Å². The summed E-state index contributed by atoms with van der Waals surface area (Å²) < 4.78 is 45.0. The van der Waals surface area contributed by atoms with Crippen molar-refractivity contribution in [2.75, 3.05) is 19.9 Å². The van der Waals surface area contributed by atoms with Crippen molar-refractivity contribution in [1.29, 1.82) is 0 Å². The fraction of sp³-hybridized carbons (Fsp3) is 1.00. The van der Waals surface area contributed by atoms with Gasteiger partial charge in [-0.3, -0.25) is 0 Å². The molecule has 102 valence electrons. The summed E-state index contributed by atoms with van der Waals surface area (Å²) in [5.41, 5.74) is 0. The highest BCUT2D eigenvalue weighted by Gasteiger charge is 2.28.